The van der Waals surface area contributed by atoms with E-state index < -0.39 is 16.1 Å². The van der Waals surface area contributed by atoms with Crippen LogP contribution >= 0.6 is 0 Å². The first-order chi connectivity index (χ1) is 20.2. The van der Waals surface area contributed by atoms with Crippen LogP contribution in [0.4, 0.5) is 0 Å². The fourth-order valence-corrected chi connectivity index (χ4v) is 6.73. The second-order valence-corrected chi connectivity index (χ2v) is 12.9. The molecule has 0 radical (unpaired) electrons. The third-order valence-electron chi connectivity index (χ3n) is 7.61. The number of fused-ring (bicyclic) bond motifs is 2. The van der Waals surface area contributed by atoms with Crippen molar-refractivity contribution in [3.05, 3.63) is 95.1 Å². The molecule has 2 unspecified atom stereocenters. The number of nitrogens with one attached hydrogen (secondary N) is 3. The summed E-state index contributed by atoms with van der Waals surface area (Å²) in [7, 11) is -4.07. The van der Waals surface area contributed by atoms with Gasteiger partial charge >= 0.3 is 0 Å². The lowest BCUT2D eigenvalue weighted by atomic mass is 9.98. The number of amides is 1. The molecule has 42 heavy (non-hydrogen) atoms. The van der Waals surface area contributed by atoms with E-state index in [1.165, 1.54) is 0 Å². The molecule has 1 amide bonds. The van der Waals surface area contributed by atoms with Gasteiger partial charge in [0.15, 0.2) is 0 Å². The molecule has 8 nitrogen and oxygen atoms in total. The molecule has 1 aromatic heterocycles. The highest BCUT2D eigenvalue weighted by Crippen LogP contribution is 2.34. The summed E-state index contributed by atoms with van der Waals surface area (Å²) in [6.07, 6.45) is 1.67. The van der Waals surface area contributed by atoms with Crippen molar-refractivity contribution in [1.29, 1.82) is 0 Å². The average Bonchev–Trinajstić information content (AvgIpc) is 3.32. The third kappa shape index (κ3) is 7.03. The quantitative estimate of drug-likeness (QED) is 0.177. The highest BCUT2D eigenvalue weighted by atomic mass is 32.2. The first-order valence-electron chi connectivity index (χ1n) is 14.5. The summed E-state index contributed by atoms with van der Waals surface area (Å²) in [5, 5.41) is 7.19. The van der Waals surface area contributed by atoms with Crippen molar-refractivity contribution in [2.24, 2.45) is 5.92 Å². The first-order valence-corrected chi connectivity index (χ1v) is 16.0. The maximum atomic E-state index is 13.5. The minimum atomic E-state index is -4.07. The molecule has 0 spiro atoms. The van der Waals surface area contributed by atoms with Gasteiger partial charge in [0.05, 0.1) is 18.7 Å². The van der Waals surface area contributed by atoms with Crippen molar-refractivity contribution in [3.63, 3.8) is 0 Å². The topological polar surface area (TPSA) is 110 Å². The van der Waals surface area contributed by atoms with Crippen molar-refractivity contribution >= 4 is 26.9 Å². The van der Waals surface area contributed by atoms with Gasteiger partial charge in [-0.3, -0.25) is 4.79 Å². The van der Waals surface area contributed by atoms with Crippen LogP contribution in [0.2, 0.25) is 0 Å². The molecule has 9 heteroatoms. The molecule has 222 valence electrons. The Bertz CT molecular complexity index is 1630. The van der Waals surface area contributed by atoms with Crippen LogP contribution in [0.3, 0.4) is 0 Å². The van der Waals surface area contributed by atoms with Gasteiger partial charge in [0.1, 0.15) is 11.3 Å². The van der Waals surface area contributed by atoms with E-state index in [1.807, 2.05) is 54.6 Å². The molecular formula is C33H39N3O5S. The number of benzene rings is 3. The minimum absolute atomic E-state index is 0.0763. The highest BCUT2D eigenvalue weighted by molar-refractivity contribution is 7.89. The molecule has 0 bridgehead atoms. The Morgan fingerprint density at radius 2 is 1.79 bits per heavy atom. The molecule has 3 N–H and O–H groups in total. The maximum absolute atomic E-state index is 13.5. The van der Waals surface area contributed by atoms with Gasteiger partial charge in [0, 0.05) is 35.9 Å². The number of carbonyl (C=O) groups excluding carboxylic acids is 1. The number of para-hydroxylation sites is 1. The molecule has 0 fully saturated rings. The zero-order chi connectivity index (χ0) is 29.7. The van der Waals surface area contributed by atoms with Gasteiger partial charge in [-0.1, -0.05) is 74.5 Å². The molecule has 0 saturated heterocycles. The van der Waals surface area contributed by atoms with E-state index in [2.05, 4.69) is 35.3 Å². The number of hydrogen-bond acceptors (Lipinski definition) is 6. The lowest BCUT2D eigenvalue weighted by Gasteiger charge is -2.28. The third-order valence-corrected chi connectivity index (χ3v) is 9.09. The number of aryl methyl sites for hydroxylation is 1. The van der Waals surface area contributed by atoms with Gasteiger partial charge in [-0.2, -0.15) is 0 Å². The Morgan fingerprint density at radius 1 is 1.02 bits per heavy atom. The second kappa shape index (κ2) is 13.1. The number of hydrogen-bond donors (Lipinski definition) is 3. The summed E-state index contributed by atoms with van der Waals surface area (Å²) in [5.74, 6) is 1.17. The molecule has 1 aliphatic heterocycles. The summed E-state index contributed by atoms with van der Waals surface area (Å²) in [4.78, 5) is 13.4. The normalized spacial score (nSPS) is 15.8. The van der Waals surface area contributed by atoms with Crippen molar-refractivity contribution in [2.75, 3.05) is 13.2 Å². The number of furan rings is 1. The van der Waals surface area contributed by atoms with Crippen LogP contribution in [-0.2, 0) is 21.4 Å². The van der Waals surface area contributed by atoms with E-state index in [9.17, 15) is 13.2 Å². The van der Waals surface area contributed by atoms with Crippen LogP contribution in [0.5, 0.6) is 5.75 Å². The van der Waals surface area contributed by atoms with E-state index in [4.69, 9.17) is 9.15 Å². The van der Waals surface area contributed by atoms with Crippen LogP contribution < -0.4 is 20.1 Å². The Morgan fingerprint density at radius 3 is 2.55 bits per heavy atom. The van der Waals surface area contributed by atoms with E-state index >= 15 is 0 Å². The fraction of sp³-hybridized carbons (Fsp3) is 0.364. The van der Waals surface area contributed by atoms with E-state index in [0.717, 1.165) is 41.8 Å². The van der Waals surface area contributed by atoms with Crippen molar-refractivity contribution in [3.8, 4) is 5.75 Å². The van der Waals surface area contributed by atoms with Gasteiger partial charge in [-0.05, 0) is 49.1 Å². The number of carbonyl (C=O) groups is 1. The molecule has 2 atom stereocenters. The van der Waals surface area contributed by atoms with Gasteiger partial charge in [-0.25, -0.2) is 13.1 Å². The zero-order valence-corrected chi connectivity index (χ0v) is 25.2. The molecule has 0 saturated carbocycles. The smallest absolute Gasteiger partial charge is 0.274 e. The molecule has 0 aliphatic carbocycles. The largest absolute Gasteiger partial charge is 0.493 e. The Kier molecular flexibility index (Phi) is 9.30. The summed E-state index contributed by atoms with van der Waals surface area (Å²) >= 11 is 0. The summed E-state index contributed by atoms with van der Waals surface area (Å²) in [6, 6.07) is 21.4. The van der Waals surface area contributed by atoms with Gasteiger partial charge in [-0.15, -0.1) is 0 Å². The summed E-state index contributed by atoms with van der Waals surface area (Å²) < 4.78 is 41.5. The van der Waals surface area contributed by atoms with Gasteiger partial charge in [0.25, 0.3) is 10.0 Å². The fourth-order valence-electron chi connectivity index (χ4n) is 5.32. The van der Waals surface area contributed by atoms with Crippen LogP contribution in [0, 0.1) is 12.8 Å². The van der Waals surface area contributed by atoms with Gasteiger partial charge < -0.3 is 19.8 Å². The molecule has 5 rings (SSSR count). The van der Waals surface area contributed by atoms with Gasteiger partial charge in [0.2, 0.25) is 11.0 Å². The van der Waals surface area contributed by atoms with Crippen LogP contribution in [0.15, 0.2) is 82.3 Å². The van der Waals surface area contributed by atoms with Crippen molar-refractivity contribution < 1.29 is 22.4 Å². The van der Waals surface area contributed by atoms with Crippen LogP contribution in [0.25, 0.3) is 11.0 Å². The monoisotopic (exact) mass is 589 g/mol. The number of sulfonamides is 1. The van der Waals surface area contributed by atoms with E-state index in [0.29, 0.717) is 35.7 Å². The minimum Gasteiger partial charge on any atom is -0.493 e. The predicted molar refractivity (Wildman–Crippen MR) is 164 cm³/mol. The molecule has 2 heterocycles. The Hall–Kier alpha value is -3.66. The Balaban J connectivity index is 1.30. The average molecular weight is 590 g/mol. The zero-order valence-electron chi connectivity index (χ0n) is 24.4. The SMILES string of the molecule is Cc1c(S(=O)(=O)NC(CC(=O)NC2CCOc3cc(CNCCC(C)C)ccc32)c2ccccc2)oc2ccccc12. The summed E-state index contributed by atoms with van der Waals surface area (Å²) in [6.45, 7) is 8.34. The molecular weight excluding hydrogens is 550 g/mol. The van der Waals surface area contributed by atoms with E-state index in [1.54, 1.807) is 19.1 Å². The highest BCUT2D eigenvalue weighted by Gasteiger charge is 2.30. The predicted octanol–water partition coefficient (Wildman–Crippen LogP) is 5.93. The van der Waals surface area contributed by atoms with Crippen LogP contribution in [-0.4, -0.2) is 27.5 Å². The number of ether oxygens (including phenoxy) is 1. The summed E-state index contributed by atoms with van der Waals surface area (Å²) in [5.41, 5.74) is 3.77. The maximum Gasteiger partial charge on any atom is 0.274 e. The molecule has 3 aromatic carbocycles. The number of rotatable bonds is 12. The van der Waals surface area contributed by atoms with E-state index in [-0.39, 0.29) is 23.5 Å². The molecule has 4 aromatic rings. The molecule has 1 aliphatic rings. The Labute approximate surface area is 247 Å². The standard InChI is InChI=1S/C33H39N3O5S/c1-22(2)15-17-34-21-24-13-14-27-28(16-18-40-31(27)19-24)35-32(37)20-29(25-9-5-4-6-10-25)36-42(38,39)33-23(3)26-11-7-8-12-30(26)41-33/h4-14,19,22,28-29,34,36H,15-18,20-21H2,1-3H3,(H,35,37). The second-order valence-electron chi connectivity index (χ2n) is 11.3. The lowest BCUT2D eigenvalue weighted by molar-refractivity contribution is -0.122. The van der Waals surface area contributed by atoms with Crippen LogP contribution in [0.1, 0.15) is 67.4 Å². The van der Waals surface area contributed by atoms with Crippen molar-refractivity contribution in [1.82, 2.24) is 15.4 Å². The first kappa shape index (κ1) is 29.8. The van der Waals surface area contributed by atoms with Crippen molar-refractivity contribution in [2.45, 2.75) is 63.8 Å². The lowest BCUT2D eigenvalue weighted by Crippen LogP contribution is -2.36.